The molecule has 0 heterocycles. The molecule has 1 rings (SSSR count). The van der Waals surface area contributed by atoms with Crippen LogP contribution in [0.1, 0.15) is 13.8 Å². The van der Waals surface area contributed by atoms with E-state index in [9.17, 15) is 9.18 Å². The van der Waals surface area contributed by atoms with E-state index in [2.05, 4.69) is 10.6 Å². The highest BCUT2D eigenvalue weighted by molar-refractivity contribution is 5.91. The molecule has 3 N–H and O–H groups in total. The molecule has 100 valence electrons. The minimum atomic E-state index is -0.759. The van der Waals surface area contributed by atoms with Gasteiger partial charge in [-0.25, -0.2) is 9.18 Å². The van der Waals surface area contributed by atoms with E-state index in [1.165, 1.54) is 19.2 Å². The molecule has 0 atom stereocenters. The second-order valence-corrected chi connectivity index (χ2v) is 4.47. The quantitative estimate of drug-likeness (QED) is 0.768. The average molecular weight is 256 g/mol. The van der Waals surface area contributed by atoms with Crippen LogP contribution in [-0.4, -0.2) is 30.4 Å². The van der Waals surface area contributed by atoms with Crippen molar-refractivity contribution < 1.29 is 19.0 Å². The number of hydrogen-bond donors (Lipinski definition) is 3. The first-order valence-electron chi connectivity index (χ1n) is 5.41. The third-order valence-electron chi connectivity index (χ3n) is 2.26. The maximum Gasteiger partial charge on any atom is 0.319 e. The molecule has 0 aliphatic carbocycles. The number of rotatable bonds is 4. The Bertz CT molecular complexity index is 435. The fraction of sp³-hybridized carbons (Fsp3) is 0.417. The molecule has 0 radical (unpaired) electrons. The van der Waals surface area contributed by atoms with Gasteiger partial charge < -0.3 is 20.5 Å². The summed E-state index contributed by atoms with van der Waals surface area (Å²) in [5.74, 6) is -0.124. The molecule has 1 aromatic rings. The highest BCUT2D eigenvalue weighted by Crippen LogP contribution is 2.24. The summed E-state index contributed by atoms with van der Waals surface area (Å²) in [5, 5.41) is 14.0. The number of anilines is 1. The van der Waals surface area contributed by atoms with Crippen LogP contribution in [0.25, 0.3) is 0 Å². The number of nitrogens with one attached hydrogen (secondary N) is 2. The first kappa shape index (κ1) is 14.2. The van der Waals surface area contributed by atoms with Crippen molar-refractivity contribution in [1.29, 1.82) is 0 Å². The van der Waals surface area contributed by atoms with E-state index < -0.39 is 17.4 Å². The Hall–Kier alpha value is -1.82. The Balaban J connectivity index is 2.78. The number of benzene rings is 1. The predicted molar refractivity (Wildman–Crippen MR) is 66.3 cm³/mol. The van der Waals surface area contributed by atoms with Gasteiger partial charge in [-0.2, -0.15) is 0 Å². The van der Waals surface area contributed by atoms with Crippen LogP contribution in [0.3, 0.4) is 0 Å². The lowest BCUT2D eigenvalue weighted by molar-refractivity contribution is 0.187. The van der Waals surface area contributed by atoms with Gasteiger partial charge in [0.1, 0.15) is 11.6 Å². The van der Waals surface area contributed by atoms with Gasteiger partial charge in [-0.3, -0.25) is 0 Å². The summed E-state index contributed by atoms with van der Waals surface area (Å²) in [5.41, 5.74) is -0.534. The highest BCUT2D eigenvalue weighted by Gasteiger charge is 2.19. The zero-order valence-electron chi connectivity index (χ0n) is 10.6. The van der Waals surface area contributed by atoms with Gasteiger partial charge in [0.25, 0.3) is 0 Å². The number of amides is 2. The Labute approximate surface area is 105 Å². The maximum atomic E-state index is 13.1. The van der Waals surface area contributed by atoms with E-state index in [0.717, 1.165) is 6.07 Å². The molecule has 6 heteroatoms. The topological polar surface area (TPSA) is 70.6 Å². The smallest absolute Gasteiger partial charge is 0.319 e. The molecule has 0 unspecified atom stereocenters. The molecule has 0 spiro atoms. The Morgan fingerprint density at radius 3 is 2.72 bits per heavy atom. The van der Waals surface area contributed by atoms with Crippen molar-refractivity contribution in [2.45, 2.75) is 19.4 Å². The molecular weight excluding hydrogens is 239 g/mol. The predicted octanol–water partition coefficient (Wildman–Crippen LogP) is 1.73. The van der Waals surface area contributed by atoms with Crippen molar-refractivity contribution in [3.8, 4) is 5.75 Å². The Morgan fingerprint density at radius 2 is 2.17 bits per heavy atom. The van der Waals surface area contributed by atoms with E-state index in [-0.39, 0.29) is 12.3 Å². The summed E-state index contributed by atoms with van der Waals surface area (Å²) in [6.45, 7) is 3.12. The monoisotopic (exact) mass is 256 g/mol. The molecule has 18 heavy (non-hydrogen) atoms. The standard InChI is InChI=1S/C12H17FN2O3/c1-12(2,7-16)15-11(17)14-9-6-8(13)4-5-10(9)18-3/h4-6,16H,7H2,1-3H3,(H2,14,15,17). The molecule has 1 aromatic carbocycles. The number of urea groups is 1. The van der Waals surface area contributed by atoms with E-state index in [4.69, 9.17) is 9.84 Å². The molecule has 0 saturated carbocycles. The van der Waals surface area contributed by atoms with E-state index in [1.807, 2.05) is 0 Å². The first-order chi connectivity index (χ1) is 8.38. The first-order valence-corrected chi connectivity index (χ1v) is 5.41. The van der Waals surface area contributed by atoms with Crippen molar-refractivity contribution in [2.24, 2.45) is 0 Å². The molecule has 0 fully saturated rings. The van der Waals surface area contributed by atoms with Gasteiger partial charge >= 0.3 is 6.03 Å². The molecule has 0 aliphatic heterocycles. The van der Waals surface area contributed by atoms with Crippen molar-refractivity contribution in [1.82, 2.24) is 5.32 Å². The van der Waals surface area contributed by atoms with Gasteiger partial charge in [0.2, 0.25) is 0 Å². The third-order valence-corrected chi connectivity index (χ3v) is 2.26. The van der Waals surface area contributed by atoms with Gasteiger partial charge in [-0.05, 0) is 26.0 Å². The van der Waals surface area contributed by atoms with Crippen LogP contribution in [-0.2, 0) is 0 Å². The zero-order chi connectivity index (χ0) is 13.8. The van der Waals surface area contributed by atoms with Crippen molar-refractivity contribution in [3.63, 3.8) is 0 Å². The molecule has 0 aromatic heterocycles. The van der Waals surface area contributed by atoms with Crippen molar-refractivity contribution in [3.05, 3.63) is 24.0 Å². The lowest BCUT2D eigenvalue weighted by Gasteiger charge is -2.23. The van der Waals surface area contributed by atoms with Gasteiger partial charge in [0, 0.05) is 6.07 Å². The number of hydrogen-bond acceptors (Lipinski definition) is 3. The lowest BCUT2D eigenvalue weighted by atomic mass is 10.1. The summed E-state index contributed by atoms with van der Waals surface area (Å²) in [6, 6.07) is 3.27. The summed E-state index contributed by atoms with van der Waals surface area (Å²) in [7, 11) is 1.42. The van der Waals surface area contributed by atoms with Crippen molar-refractivity contribution in [2.75, 3.05) is 19.0 Å². The number of aliphatic hydroxyl groups is 1. The van der Waals surface area contributed by atoms with Crippen LogP contribution in [0, 0.1) is 5.82 Å². The molecule has 0 bridgehead atoms. The fourth-order valence-electron chi connectivity index (χ4n) is 1.28. The second kappa shape index (κ2) is 5.68. The van der Waals surface area contributed by atoms with Crippen LogP contribution >= 0.6 is 0 Å². The SMILES string of the molecule is COc1ccc(F)cc1NC(=O)NC(C)(C)CO. The summed E-state index contributed by atoms with van der Waals surface area (Å²) in [4.78, 5) is 11.7. The summed E-state index contributed by atoms with van der Waals surface area (Å²) in [6.07, 6.45) is 0. The Kier molecular flexibility index (Phi) is 4.49. The van der Waals surface area contributed by atoms with E-state index in [0.29, 0.717) is 5.75 Å². The number of ether oxygens (including phenoxy) is 1. The Morgan fingerprint density at radius 1 is 1.50 bits per heavy atom. The van der Waals surface area contributed by atoms with Crippen LogP contribution in [0.5, 0.6) is 5.75 Å². The van der Waals surface area contributed by atoms with Gasteiger partial charge in [0.15, 0.2) is 0 Å². The van der Waals surface area contributed by atoms with Crippen LogP contribution < -0.4 is 15.4 Å². The lowest BCUT2D eigenvalue weighted by Crippen LogP contribution is -2.48. The number of aliphatic hydroxyl groups excluding tert-OH is 1. The molecule has 0 aliphatic rings. The van der Waals surface area contributed by atoms with Gasteiger partial charge in [-0.1, -0.05) is 0 Å². The largest absolute Gasteiger partial charge is 0.495 e. The molecule has 0 saturated heterocycles. The third kappa shape index (κ3) is 3.89. The minimum absolute atomic E-state index is 0.208. The van der Waals surface area contributed by atoms with Crippen LogP contribution in [0.15, 0.2) is 18.2 Å². The molecule has 5 nitrogen and oxygen atoms in total. The minimum Gasteiger partial charge on any atom is -0.495 e. The second-order valence-electron chi connectivity index (χ2n) is 4.47. The molecular formula is C12H17FN2O3. The average Bonchev–Trinajstić information content (AvgIpc) is 2.28. The van der Waals surface area contributed by atoms with Crippen LogP contribution in [0.2, 0.25) is 0 Å². The number of methoxy groups -OCH3 is 1. The van der Waals surface area contributed by atoms with Gasteiger partial charge in [0.05, 0.1) is 24.9 Å². The van der Waals surface area contributed by atoms with Crippen molar-refractivity contribution >= 4 is 11.7 Å². The highest BCUT2D eigenvalue weighted by atomic mass is 19.1. The number of carbonyl (C=O) groups excluding carboxylic acids is 1. The summed E-state index contributed by atoms with van der Waals surface area (Å²) < 4.78 is 18.1. The number of carbonyl (C=O) groups is 1. The van der Waals surface area contributed by atoms with Crippen LogP contribution in [0.4, 0.5) is 14.9 Å². The van der Waals surface area contributed by atoms with Gasteiger partial charge in [-0.15, -0.1) is 0 Å². The maximum absolute atomic E-state index is 13.1. The zero-order valence-corrected chi connectivity index (χ0v) is 10.6. The fourth-order valence-corrected chi connectivity index (χ4v) is 1.28. The van der Waals surface area contributed by atoms with E-state index >= 15 is 0 Å². The summed E-state index contributed by atoms with van der Waals surface area (Å²) >= 11 is 0. The molecule has 2 amide bonds. The normalized spacial score (nSPS) is 10.9. The number of halogens is 1. The van der Waals surface area contributed by atoms with E-state index in [1.54, 1.807) is 13.8 Å².